The van der Waals surface area contributed by atoms with E-state index >= 15 is 0 Å². The highest BCUT2D eigenvalue weighted by Crippen LogP contribution is 2.53. The van der Waals surface area contributed by atoms with Gasteiger partial charge < -0.3 is 5.73 Å². The fraction of sp³-hybridized carbons (Fsp3) is 1.00. The molecule has 1 nitrogen and oxygen atoms in total. The van der Waals surface area contributed by atoms with Gasteiger partial charge in [0.2, 0.25) is 0 Å². The van der Waals surface area contributed by atoms with E-state index in [-0.39, 0.29) is 0 Å². The quantitative estimate of drug-likeness (QED) is 0.796. The molecule has 2 aliphatic carbocycles. The van der Waals surface area contributed by atoms with Crippen molar-refractivity contribution in [2.45, 2.75) is 62.4 Å². The van der Waals surface area contributed by atoms with Gasteiger partial charge in [0.25, 0.3) is 0 Å². The summed E-state index contributed by atoms with van der Waals surface area (Å²) in [5.74, 6) is 1.80. The molecule has 0 aromatic heterocycles. The van der Waals surface area contributed by atoms with Gasteiger partial charge in [-0.3, -0.25) is 0 Å². The molecule has 0 unspecified atom stereocenters. The Bertz CT molecular complexity index is 203. The van der Waals surface area contributed by atoms with Crippen molar-refractivity contribution in [3.05, 3.63) is 0 Å². The molecule has 2 heteroatoms. The highest BCUT2D eigenvalue weighted by molar-refractivity contribution is 8.01. The van der Waals surface area contributed by atoms with Crippen LogP contribution >= 0.6 is 11.8 Å². The second kappa shape index (κ2) is 4.67. The molecule has 0 aromatic carbocycles. The van der Waals surface area contributed by atoms with Crippen LogP contribution in [0.3, 0.4) is 0 Å². The largest absolute Gasteiger partial charge is 0.329 e. The molecule has 0 aliphatic heterocycles. The fourth-order valence-corrected chi connectivity index (χ4v) is 5.03. The summed E-state index contributed by atoms with van der Waals surface area (Å²) >= 11 is 2.24. The Hall–Kier alpha value is 0.310. The van der Waals surface area contributed by atoms with Crippen molar-refractivity contribution < 1.29 is 0 Å². The third-order valence-corrected chi connectivity index (χ3v) is 6.11. The van der Waals surface area contributed by atoms with Gasteiger partial charge in [0, 0.05) is 16.5 Å². The maximum absolute atomic E-state index is 5.99. The predicted molar refractivity (Wildman–Crippen MR) is 69.2 cm³/mol. The summed E-state index contributed by atoms with van der Waals surface area (Å²) in [4.78, 5) is 0. The van der Waals surface area contributed by atoms with Crippen LogP contribution in [0, 0.1) is 11.8 Å². The highest BCUT2D eigenvalue weighted by atomic mass is 32.2. The Morgan fingerprint density at radius 1 is 1.27 bits per heavy atom. The third kappa shape index (κ3) is 2.52. The van der Waals surface area contributed by atoms with Gasteiger partial charge in [-0.05, 0) is 37.5 Å². The monoisotopic (exact) mass is 227 g/mol. The van der Waals surface area contributed by atoms with Crippen LogP contribution in [0.15, 0.2) is 0 Å². The number of rotatable bonds is 4. The molecule has 2 saturated carbocycles. The van der Waals surface area contributed by atoms with Gasteiger partial charge >= 0.3 is 0 Å². The van der Waals surface area contributed by atoms with Crippen molar-refractivity contribution in [1.82, 2.24) is 0 Å². The van der Waals surface area contributed by atoms with Gasteiger partial charge in [0.15, 0.2) is 0 Å². The summed E-state index contributed by atoms with van der Waals surface area (Å²) in [5.41, 5.74) is 5.99. The summed E-state index contributed by atoms with van der Waals surface area (Å²) in [7, 11) is 0. The molecule has 0 aromatic rings. The minimum Gasteiger partial charge on any atom is -0.329 e. The van der Waals surface area contributed by atoms with Gasteiger partial charge in [-0.2, -0.15) is 11.8 Å². The van der Waals surface area contributed by atoms with E-state index in [1.54, 1.807) is 0 Å². The van der Waals surface area contributed by atoms with Gasteiger partial charge in [0.1, 0.15) is 0 Å². The fourth-order valence-electron chi connectivity index (χ4n) is 3.04. The van der Waals surface area contributed by atoms with Crippen molar-refractivity contribution >= 4 is 11.8 Å². The number of hydrogen-bond donors (Lipinski definition) is 1. The van der Waals surface area contributed by atoms with E-state index < -0.39 is 0 Å². The predicted octanol–water partition coefficient (Wildman–Crippen LogP) is 3.43. The topological polar surface area (TPSA) is 26.0 Å². The van der Waals surface area contributed by atoms with Crippen molar-refractivity contribution in [3.63, 3.8) is 0 Å². The Kier molecular flexibility index (Phi) is 3.67. The van der Waals surface area contributed by atoms with Crippen molar-refractivity contribution in [3.8, 4) is 0 Å². The molecule has 2 N–H and O–H groups in total. The summed E-state index contributed by atoms with van der Waals surface area (Å²) in [6.07, 6.45) is 8.54. The van der Waals surface area contributed by atoms with Gasteiger partial charge in [-0.1, -0.05) is 26.7 Å². The van der Waals surface area contributed by atoms with Crippen LogP contribution in [0.2, 0.25) is 0 Å². The standard InChI is InChI=1S/C13H25NS/c1-10(2)11-7-13(8-11,9-14)15-12-5-3-4-6-12/h10-12H,3-9,14H2,1-2H3. The average Bonchev–Trinajstić information content (AvgIpc) is 2.62. The first kappa shape index (κ1) is 11.8. The zero-order valence-corrected chi connectivity index (χ0v) is 11.0. The van der Waals surface area contributed by atoms with E-state index in [1.807, 2.05) is 0 Å². The first-order valence-corrected chi connectivity index (χ1v) is 7.41. The highest BCUT2D eigenvalue weighted by Gasteiger charge is 2.46. The second-order valence-corrected chi connectivity index (χ2v) is 7.59. The van der Waals surface area contributed by atoms with Crippen LogP contribution in [0.4, 0.5) is 0 Å². The van der Waals surface area contributed by atoms with Gasteiger partial charge in [-0.15, -0.1) is 0 Å². The smallest absolute Gasteiger partial charge is 0.0290 e. The van der Waals surface area contributed by atoms with Crippen LogP contribution < -0.4 is 5.73 Å². The summed E-state index contributed by atoms with van der Waals surface area (Å²) in [5, 5.41) is 0.932. The van der Waals surface area contributed by atoms with Crippen LogP contribution in [-0.4, -0.2) is 16.5 Å². The summed E-state index contributed by atoms with van der Waals surface area (Å²) in [6.45, 7) is 5.61. The molecular weight excluding hydrogens is 202 g/mol. The molecule has 0 amide bonds. The lowest BCUT2D eigenvalue weighted by atomic mass is 9.69. The lowest BCUT2D eigenvalue weighted by Gasteiger charge is -2.49. The maximum atomic E-state index is 5.99. The van der Waals surface area contributed by atoms with E-state index in [9.17, 15) is 0 Å². The summed E-state index contributed by atoms with van der Waals surface area (Å²) < 4.78 is 0.476. The van der Waals surface area contributed by atoms with Crippen LogP contribution in [0.25, 0.3) is 0 Å². The molecule has 88 valence electrons. The number of thioether (sulfide) groups is 1. The molecule has 2 rings (SSSR count). The zero-order chi connectivity index (χ0) is 10.9. The Morgan fingerprint density at radius 3 is 2.33 bits per heavy atom. The Labute approximate surface area is 98.6 Å². The molecule has 0 atom stereocenters. The minimum atomic E-state index is 0.476. The van der Waals surface area contributed by atoms with E-state index in [0.29, 0.717) is 4.75 Å². The van der Waals surface area contributed by atoms with Crippen LogP contribution in [0.1, 0.15) is 52.4 Å². The Balaban J connectivity index is 1.83. The normalized spacial score (nSPS) is 37.2. The van der Waals surface area contributed by atoms with E-state index in [1.165, 1.54) is 38.5 Å². The second-order valence-electron chi connectivity index (χ2n) is 5.82. The van der Waals surface area contributed by atoms with Gasteiger partial charge in [0.05, 0.1) is 0 Å². The van der Waals surface area contributed by atoms with Crippen LogP contribution in [-0.2, 0) is 0 Å². The lowest BCUT2D eigenvalue weighted by molar-refractivity contribution is 0.175. The molecule has 2 aliphatic rings. The first-order valence-electron chi connectivity index (χ1n) is 6.53. The molecule has 15 heavy (non-hydrogen) atoms. The SMILES string of the molecule is CC(C)C1CC(CN)(SC2CCCC2)C1. The van der Waals surface area contributed by atoms with Gasteiger partial charge in [-0.25, -0.2) is 0 Å². The molecule has 0 saturated heterocycles. The van der Waals surface area contributed by atoms with Crippen molar-refractivity contribution in [2.24, 2.45) is 17.6 Å². The molecule has 2 fully saturated rings. The molecule has 0 bridgehead atoms. The maximum Gasteiger partial charge on any atom is 0.0290 e. The van der Waals surface area contributed by atoms with Crippen molar-refractivity contribution in [1.29, 1.82) is 0 Å². The molecule has 0 radical (unpaired) electrons. The van der Waals surface area contributed by atoms with Crippen molar-refractivity contribution in [2.75, 3.05) is 6.54 Å². The van der Waals surface area contributed by atoms with Crippen LogP contribution in [0.5, 0.6) is 0 Å². The minimum absolute atomic E-state index is 0.476. The first-order chi connectivity index (χ1) is 7.15. The average molecular weight is 227 g/mol. The summed E-state index contributed by atoms with van der Waals surface area (Å²) in [6, 6.07) is 0. The zero-order valence-electron chi connectivity index (χ0n) is 10.2. The lowest BCUT2D eigenvalue weighted by Crippen LogP contribution is -2.49. The third-order valence-electron chi connectivity index (χ3n) is 4.30. The van der Waals surface area contributed by atoms with E-state index in [4.69, 9.17) is 5.73 Å². The molecule has 0 spiro atoms. The molecular formula is C13H25NS. The Morgan fingerprint density at radius 2 is 1.87 bits per heavy atom. The number of hydrogen-bond acceptors (Lipinski definition) is 2. The molecule has 0 heterocycles. The number of nitrogens with two attached hydrogens (primary N) is 1. The van der Waals surface area contributed by atoms with E-state index in [2.05, 4.69) is 25.6 Å². The van der Waals surface area contributed by atoms with E-state index in [0.717, 1.165) is 23.6 Å².